The number of hydrogen-bond donors (Lipinski definition) is 2. The Labute approximate surface area is 110 Å². The predicted octanol–water partition coefficient (Wildman–Crippen LogP) is 1.35. The van der Waals surface area contributed by atoms with Crippen LogP contribution in [0.2, 0.25) is 0 Å². The van der Waals surface area contributed by atoms with Crippen LogP contribution in [0.3, 0.4) is 0 Å². The molecule has 0 amide bonds. The molecule has 0 spiro atoms. The molecule has 0 fully saturated rings. The molecule has 3 rings (SSSR count). The topological polar surface area (TPSA) is 80.4 Å². The quantitative estimate of drug-likeness (QED) is 0.864. The molecule has 0 saturated heterocycles. The Bertz CT molecular complexity index is 582. The van der Waals surface area contributed by atoms with Crippen LogP contribution in [0.1, 0.15) is 23.3 Å². The third kappa shape index (κ3) is 2.53. The van der Waals surface area contributed by atoms with Crippen LogP contribution in [0, 0.1) is 6.92 Å². The Hall–Kier alpha value is -2.08. The van der Waals surface area contributed by atoms with E-state index in [2.05, 4.69) is 15.5 Å². The van der Waals surface area contributed by atoms with E-state index in [0.29, 0.717) is 24.7 Å². The van der Waals surface area contributed by atoms with E-state index in [4.69, 9.17) is 9.26 Å². The molecule has 2 N–H and O–H groups in total. The fraction of sp³-hybridized carbons (Fsp3) is 0.385. The van der Waals surface area contributed by atoms with E-state index in [1.165, 1.54) is 0 Å². The minimum atomic E-state index is 0.139. The molecule has 1 atom stereocenters. The van der Waals surface area contributed by atoms with Gasteiger partial charge in [0.2, 0.25) is 5.89 Å². The summed E-state index contributed by atoms with van der Waals surface area (Å²) in [4.78, 5) is 4.15. The molecule has 1 unspecified atom stereocenters. The van der Waals surface area contributed by atoms with Crippen molar-refractivity contribution in [1.82, 2.24) is 15.5 Å². The van der Waals surface area contributed by atoms with Gasteiger partial charge in [0.1, 0.15) is 18.1 Å². The number of phenolic OH excluding ortho intramolecular Hbond substituents is 1. The summed E-state index contributed by atoms with van der Waals surface area (Å²) in [6, 6.07) is 5.33. The number of nitrogens with one attached hydrogen (secondary N) is 1. The first kappa shape index (κ1) is 12.0. The molecule has 1 aliphatic heterocycles. The molecule has 6 nitrogen and oxygen atoms in total. The Morgan fingerprint density at radius 2 is 2.37 bits per heavy atom. The van der Waals surface area contributed by atoms with E-state index < -0.39 is 0 Å². The van der Waals surface area contributed by atoms with E-state index in [-0.39, 0.29) is 11.8 Å². The zero-order chi connectivity index (χ0) is 13.2. The van der Waals surface area contributed by atoms with Gasteiger partial charge in [-0.2, -0.15) is 4.98 Å². The first-order chi connectivity index (χ1) is 9.22. The van der Waals surface area contributed by atoms with Crippen LogP contribution in [-0.4, -0.2) is 28.4 Å². The average molecular weight is 261 g/mol. The van der Waals surface area contributed by atoms with Gasteiger partial charge in [-0.3, -0.25) is 0 Å². The Balaban J connectivity index is 1.58. The van der Waals surface area contributed by atoms with Gasteiger partial charge in [-0.15, -0.1) is 0 Å². The average Bonchev–Trinajstić information content (AvgIpc) is 2.96. The maximum absolute atomic E-state index is 9.38. The Kier molecular flexibility index (Phi) is 3.08. The third-order valence-corrected chi connectivity index (χ3v) is 3.08. The van der Waals surface area contributed by atoms with Gasteiger partial charge >= 0.3 is 0 Å². The van der Waals surface area contributed by atoms with Gasteiger partial charge in [0.15, 0.2) is 5.82 Å². The van der Waals surface area contributed by atoms with E-state index in [1.54, 1.807) is 19.1 Å². The summed E-state index contributed by atoms with van der Waals surface area (Å²) < 4.78 is 10.6. The van der Waals surface area contributed by atoms with E-state index in [0.717, 1.165) is 17.9 Å². The van der Waals surface area contributed by atoms with Crippen molar-refractivity contribution in [3.05, 3.63) is 35.5 Å². The van der Waals surface area contributed by atoms with Crippen molar-refractivity contribution in [2.75, 3.05) is 13.2 Å². The zero-order valence-electron chi connectivity index (χ0n) is 10.6. The van der Waals surface area contributed by atoms with Crippen molar-refractivity contribution in [2.24, 2.45) is 0 Å². The number of fused-ring (bicyclic) bond motifs is 1. The second-order valence-corrected chi connectivity index (χ2v) is 4.53. The van der Waals surface area contributed by atoms with Gasteiger partial charge in [0, 0.05) is 24.6 Å². The van der Waals surface area contributed by atoms with Gasteiger partial charge in [-0.05, 0) is 19.1 Å². The standard InChI is InChI=1S/C13H15N3O3/c1-8-15-13(19-16-8)4-5-14-11-7-18-12-6-9(17)2-3-10(11)12/h2-3,6,11,14,17H,4-5,7H2,1H3. The molecule has 0 aliphatic carbocycles. The molecule has 0 bridgehead atoms. The summed E-state index contributed by atoms with van der Waals surface area (Å²) in [6.07, 6.45) is 0.685. The number of aryl methyl sites for hydroxylation is 1. The third-order valence-electron chi connectivity index (χ3n) is 3.08. The summed E-state index contributed by atoms with van der Waals surface area (Å²) in [5.74, 6) is 2.25. The summed E-state index contributed by atoms with van der Waals surface area (Å²) in [5.41, 5.74) is 1.07. The molecular formula is C13H15N3O3. The van der Waals surface area contributed by atoms with Crippen LogP contribution in [0.15, 0.2) is 22.7 Å². The highest BCUT2D eigenvalue weighted by Gasteiger charge is 2.23. The summed E-state index contributed by atoms with van der Waals surface area (Å²) in [6.45, 7) is 3.10. The van der Waals surface area contributed by atoms with Crippen LogP contribution in [0.4, 0.5) is 0 Å². The normalized spacial score (nSPS) is 17.2. The van der Waals surface area contributed by atoms with E-state index in [9.17, 15) is 5.11 Å². The summed E-state index contributed by atoms with van der Waals surface area (Å²) >= 11 is 0. The predicted molar refractivity (Wildman–Crippen MR) is 67.1 cm³/mol. The van der Waals surface area contributed by atoms with E-state index >= 15 is 0 Å². The van der Waals surface area contributed by atoms with Crippen LogP contribution in [-0.2, 0) is 6.42 Å². The molecule has 0 radical (unpaired) electrons. The summed E-state index contributed by atoms with van der Waals surface area (Å²) in [7, 11) is 0. The SMILES string of the molecule is Cc1noc(CCNC2COc3cc(O)ccc32)n1. The number of hydrogen-bond acceptors (Lipinski definition) is 6. The van der Waals surface area contributed by atoms with Gasteiger partial charge in [-0.1, -0.05) is 5.16 Å². The molecule has 2 aromatic rings. The van der Waals surface area contributed by atoms with Crippen LogP contribution < -0.4 is 10.1 Å². The maximum atomic E-state index is 9.38. The zero-order valence-corrected chi connectivity index (χ0v) is 10.6. The number of aromatic hydroxyl groups is 1. The second-order valence-electron chi connectivity index (χ2n) is 4.53. The lowest BCUT2D eigenvalue weighted by atomic mass is 10.1. The molecule has 2 heterocycles. The minimum Gasteiger partial charge on any atom is -0.508 e. The monoisotopic (exact) mass is 261 g/mol. The Morgan fingerprint density at radius 3 is 3.16 bits per heavy atom. The molecule has 100 valence electrons. The number of aromatic nitrogens is 2. The van der Waals surface area contributed by atoms with Gasteiger partial charge in [0.05, 0.1) is 6.04 Å². The first-order valence-corrected chi connectivity index (χ1v) is 6.20. The minimum absolute atomic E-state index is 0.139. The van der Waals surface area contributed by atoms with Gasteiger partial charge in [0.25, 0.3) is 0 Å². The van der Waals surface area contributed by atoms with Crippen molar-refractivity contribution in [1.29, 1.82) is 0 Å². The van der Waals surface area contributed by atoms with Crippen molar-refractivity contribution in [3.8, 4) is 11.5 Å². The van der Waals surface area contributed by atoms with Crippen LogP contribution >= 0.6 is 0 Å². The molecule has 1 aromatic heterocycles. The first-order valence-electron chi connectivity index (χ1n) is 6.20. The molecular weight excluding hydrogens is 246 g/mol. The molecule has 1 aliphatic rings. The lowest BCUT2D eigenvalue weighted by Crippen LogP contribution is -2.24. The fourth-order valence-electron chi connectivity index (χ4n) is 2.16. The number of phenols is 1. The highest BCUT2D eigenvalue weighted by Crippen LogP contribution is 2.34. The highest BCUT2D eigenvalue weighted by atomic mass is 16.5. The lowest BCUT2D eigenvalue weighted by Gasteiger charge is -2.10. The number of benzene rings is 1. The highest BCUT2D eigenvalue weighted by molar-refractivity contribution is 5.44. The van der Waals surface area contributed by atoms with Crippen molar-refractivity contribution < 1.29 is 14.4 Å². The molecule has 6 heteroatoms. The van der Waals surface area contributed by atoms with Crippen LogP contribution in [0.5, 0.6) is 11.5 Å². The summed E-state index contributed by atoms with van der Waals surface area (Å²) in [5, 5.41) is 16.5. The lowest BCUT2D eigenvalue weighted by molar-refractivity contribution is 0.307. The largest absolute Gasteiger partial charge is 0.508 e. The molecule has 1 aromatic carbocycles. The van der Waals surface area contributed by atoms with Crippen LogP contribution in [0.25, 0.3) is 0 Å². The fourth-order valence-corrected chi connectivity index (χ4v) is 2.16. The smallest absolute Gasteiger partial charge is 0.227 e. The van der Waals surface area contributed by atoms with E-state index in [1.807, 2.05) is 6.07 Å². The number of rotatable bonds is 4. The van der Waals surface area contributed by atoms with Gasteiger partial charge in [-0.25, -0.2) is 0 Å². The maximum Gasteiger partial charge on any atom is 0.227 e. The van der Waals surface area contributed by atoms with Crippen molar-refractivity contribution >= 4 is 0 Å². The molecule has 19 heavy (non-hydrogen) atoms. The van der Waals surface area contributed by atoms with Crippen molar-refractivity contribution in [3.63, 3.8) is 0 Å². The van der Waals surface area contributed by atoms with Gasteiger partial charge < -0.3 is 19.7 Å². The number of ether oxygens (including phenoxy) is 1. The second kappa shape index (κ2) is 4.89. The molecule has 0 saturated carbocycles. The van der Waals surface area contributed by atoms with Crippen molar-refractivity contribution in [2.45, 2.75) is 19.4 Å². The Morgan fingerprint density at radius 1 is 1.47 bits per heavy atom. The number of nitrogens with zero attached hydrogens (tertiary/aromatic N) is 2.